The molecule has 24 heavy (non-hydrogen) atoms. The Kier molecular flexibility index (Phi) is 6.72. The van der Waals surface area contributed by atoms with Crippen LogP contribution >= 0.6 is 0 Å². The number of nitrogens with zero attached hydrogens (tertiary/aromatic N) is 5. The molecule has 0 unspecified atom stereocenters. The van der Waals surface area contributed by atoms with E-state index in [1.54, 1.807) is 11.0 Å². The molecule has 0 fully saturated rings. The molecule has 1 heterocycles. The van der Waals surface area contributed by atoms with E-state index in [2.05, 4.69) is 34.7 Å². The van der Waals surface area contributed by atoms with Crippen molar-refractivity contribution in [1.29, 1.82) is 0 Å². The molecule has 1 N–H and O–H groups in total. The number of nitrogens with one attached hydrogen (secondary N) is 1. The normalized spacial score (nSPS) is 10.6. The molecule has 0 aliphatic heterocycles. The van der Waals surface area contributed by atoms with Crippen molar-refractivity contribution in [3.63, 3.8) is 0 Å². The fourth-order valence-corrected chi connectivity index (χ4v) is 2.48. The van der Waals surface area contributed by atoms with Crippen LogP contribution in [-0.2, 0) is 0 Å². The summed E-state index contributed by atoms with van der Waals surface area (Å²) in [4.78, 5) is 14.4. The van der Waals surface area contributed by atoms with Crippen molar-refractivity contribution >= 4 is 11.7 Å². The highest BCUT2D eigenvalue weighted by molar-refractivity contribution is 5.89. The molecular weight excluding hydrogens is 304 g/mol. The van der Waals surface area contributed by atoms with E-state index in [1.165, 1.54) is 0 Å². The third kappa shape index (κ3) is 4.78. The first-order chi connectivity index (χ1) is 11.7. The van der Waals surface area contributed by atoms with Gasteiger partial charge in [-0.15, -0.1) is 5.10 Å². The van der Waals surface area contributed by atoms with Crippen LogP contribution in [0.25, 0.3) is 5.69 Å². The maximum absolute atomic E-state index is 12.5. The summed E-state index contributed by atoms with van der Waals surface area (Å²) in [7, 11) is 0. The predicted octanol–water partition coefficient (Wildman–Crippen LogP) is 3.40. The van der Waals surface area contributed by atoms with Gasteiger partial charge >= 0.3 is 6.03 Å². The van der Waals surface area contributed by atoms with E-state index in [-0.39, 0.29) is 6.03 Å². The van der Waals surface area contributed by atoms with Crippen molar-refractivity contribution in [2.24, 2.45) is 0 Å². The van der Waals surface area contributed by atoms with Crippen molar-refractivity contribution in [3.05, 3.63) is 30.1 Å². The Morgan fingerprint density at radius 3 is 2.46 bits per heavy atom. The topological polar surface area (TPSA) is 75.9 Å². The molecule has 0 aliphatic rings. The predicted molar refractivity (Wildman–Crippen MR) is 94.3 cm³/mol. The van der Waals surface area contributed by atoms with Gasteiger partial charge in [-0.1, -0.05) is 26.7 Å². The quantitative estimate of drug-likeness (QED) is 0.805. The SMILES string of the molecule is CCCCN(CCCC)C(=O)Nc1ccc(-n2cnnn2)c(C)c1. The maximum Gasteiger partial charge on any atom is 0.321 e. The van der Waals surface area contributed by atoms with Gasteiger partial charge in [0.15, 0.2) is 0 Å². The van der Waals surface area contributed by atoms with Gasteiger partial charge in [0.25, 0.3) is 0 Å². The van der Waals surface area contributed by atoms with Crippen LogP contribution in [0.15, 0.2) is 24.5 Å². The molecule has 0 saturated carbocycles. The van der Waals surface area contributed by atoms with Gasteiger partial charge in [-0.25, -0.2) is 9.48 Å². The lowest BCUT2D eigenvalue weighted by Crippen LogP contribution is -2.36. The van der Waals surface area contributed by atoms with Crippen molar-refractivity contribution in [1.82, 2.24) is 25.1 Å². The fourth-order valence-electron chi connectivity index (χ4n) is 2.48. The summed E-state index contributed by atoms with van der Waals surface area (Å²) in [6.07, 6.45) is 5.76. The molecule has 0 spiro atoms. The van der Waals surface area contributed by atoms with Crippen LogP contribution < -0.4 is 5.32 Å². The minimum atomic E-state index is -0.0357. The molecule has 0 radical (unpaired) electrons. The average Bonchev–Trinajstić information content (AvgIpc) is 3.09. The second kappa shape index (κ2) is 9.00. The van der Waals surface area contributed by atoms with Crippen molar-refractivity contribution in [2.45, 2.75) is 46.5 Å². The summed E-state index contributed by atoms with van der Waals surface area (Å²) in [5, 5.41) is 14.2. The third-order valence-electron chi connectivity index (χ3n) is 3.89. The van der Waals surface area contributed by atoms with E-state index in [0.29, 0.717) is 0 Å². The van der Waals surface area contributed by atoms with Crippen LogP contribution in [0.2, 0.25) is 0 Å². The number of aromatic nitrogens is 4. The second-order valence-corrected chi connectivity index (χ2v) is 5.88. The number of hydrogen-bond acceptors (Lipinski definition) is 4. The monoisotopic (exact) mass is 330 g/mol. The first-order valence-corrected chi connectivity index (χ1v) is 8.55. The molecule has 2 aromatic rings. The molecule has 1 aromatic heterocycles. The number of tetrazole rings is 1. The van der Waals surface area contributed by atoms with Gasteiger partial charge in [0, 0.05) is 18.8 Å². The van der Waals surface area contributed by atoms with Crippen LogP contribution in [0.1, 0.15) is 45.1 Å². The lowest BCUT2D eigenvalue weighted by Gasteiger charge is -2.23. The van der Waals surface area contributed by atoms with E-state index < -0.39 is 0 Å². The van der Waals surface area contributed by atoms with E-state index in [1.807, 2.05) is 30.0 Å². The van der Waals surface area contributed by atoms with E-state index in [9.17, 15) is 4.79 Å². The average molecular weight is 330 g/mol. The number of hydrogen-bond donors (Lipinski definition) is 1. The minimum Gasteiger partial charge on any atom is -0.325 e. The van der Waals surface area contributed by atoms with Crippen LogP contribution in [0.5, 0.6) is 0 Å². The van der Waals surface area contributed by atoms with Gasteiger partial charge in [-0.05, 0) is 54.0 Å². The molecular formula is C17H26N6O. The molecule has 0 atom stereocenters. The largest absolute Gasteiger partial charge is 0.325 e. The lowest BCUT2D eigenvalue weighted by atomic mass is 10.2. The number of carbonyl (C=O) groups excluding carboxylic acids is 1. The molecule has 0 aliphatic carbocycles. The van der Waals surface area contributed by atoms with E-state index in [4.69, 9.17) is 0 Å². The van der Waals surface area contributed by atoms with E-state index >= 15 is 0 Å². The Bertz CT molecular complexity index is 633. The molecule has 7 nitrogen and oxygen atoms in total. The van der Waals surface area contributed by atoms with Gasteiger partial charge in [-0.3, -0.25) is 0 Å². The Labute approximate surface area is 143 Å². The molecule has 0 bridgehead atoms. The van der Waals surface area contributed by atoms with Crippen LogP contribution in [0.3, 0.4) is 0 Å². The highest BCUT2D eigenvalue weighted by atomic mass is 16.2. The summed E-state index contributed by atoms with van der Waals surface area (Å²) in [6, 6.07) is 5.68. The summed E-state index contributed by atoms with van der Waals surface area (Å²) < 4.78 is 1.61. The Hall–Kier alpha value is -2.44. The Morgan fingerprint density at radius 2 is 1.92 bits per heavy atom. The zero-order valence-electron chi connectivity index (χ0n) is 14.7. The number of unbranched alkanes of at least 4 members (excludes halogenated alkanes) is 2. The maximum atomic E-state index is 12.5. The zero-order chi connectivity index (χ0) is 17.4. The molecule has 2 amide bonds. The van der Waals surface area contributed by atoms with Crippen molar-refractivity contribution in [3.8, 4) is 5.69 Å². The lowest BCUT2D eigenvalue weighted by molar-refractivity contribution is 0.210. The highest BCUT2D eigenvalue weighted by Crippen LogP contribution is 2.18. The summed E-state index contributed by atoms with van der Waals surface area (Å²) in [6.45, 7) is 7.83. The van der Waals surface area contributed by atoms with Crippen molar-refractivity contribution < 1.29 is 4.79 Å². The standard InChI is InChI=1S/C17H26N6O/c1-4-6-10-22(11-7-5-2)17(24)19-15-8-9-16(14(3)12-15)23-13-18-20-21-23/h8-9,12-13H,4-7,10-11H2,1-3H3,(H,19,24). The zero-order valence-corrected chi connectivity index (χ0v) is 14.7. The number of carbonyl (C=O) groups is 1. The van der Waals surface area contributed by atoms with Gasteiger partial charge in [0.2, 0.25) is 0 Å². The number of aryl methyl sites for hydroxylation is 1. The molecule has 7 heteroatoms. The van der Waals surface area contributed by atoms with Gasteiger partial charge < -0.3 is 10.2 Å². The van der Waals surface area contributed by atoms with Gasteiger partial charge in [0.05, 0.1) is 5.69 Å². The van der Waals surface area contributed by atoms with Crippen molar-refractivity contribution in [2.75, 3.05) is 18.4 Å². The minimum absolute atomic E-state index is 0.0357. The number of amides is 2. The smallest absolute Gasteiger partial charge is 0.321 e. The second-order valence-electron chi connectivity index (χ2n) is 5.88. The summed E-state index contributed by atoms with van der Waals surface area (Å²) >= 11 is 0. The van der Waals surface area contributed by atoms with Crippen LogP contribution in [-0.4, -0.2) is 44.2 Å². The molecule has 1 aromatic carbocycles. The summed E-state index contributed by atoms with van der Waals surface area (Å²) in [5.41, 5.74) is 2.67. The van der Waals surface area contributed by atoms with Crippen LogP contribution in [0.4, 0.5) is 10.5 Å². The Balaban J connectivity index is 2.05. The van der Waals surface area contributed by atoms with Gasteiger partial charge in [0.1, 0.15) is 6.33 Å². The molecule has 2 rings (SSSR count). The van der Waals surface area contributed by atoms with E-state index in [0.717, 1.165) is 55.7 Å². The highest BCUT2D eigenvalue weighted by Gasteiger charge is 2.13. The number of rotatable bonds is 8. The summed E-state index contributed by atoms with van der Waals surface area (Å²) in [5.74, 6) is 0. The molecule has 0 saturated heterocycles. The number of benzene rings is 1. The number of anilines is 1. The van der Waals surface area contributed by atoms with Crippen LogP contribution in [0, 0.1) is 6.92 Å². The molecule has 130 valence electrons. The number of urea groups is 1. The third-order valence-corrected chi connectivity index (χ3v) is 3.89. The Morgan fingerprint density at radius 1 is 1.21 bits per heavy atom. The van der Waals surface area contributed by atoms with Gasteiger partial charge in [-0.2, -0.15) is 0 Å². The first-order valence-electron chi connectivity index (χ1n) is 8.55. The first kappa shape index (κ1) is 17.9. The fraction of sp³-hybridized carbons (Fsp3) is 0.529.